The topological polar surface area (TPSA) is 88.2 Å². The second-order valence-electron chi connectivity index (χ2n) is 7.17. The van der Waals surface area contributed by atoms with Crippen LogP contribution in [0.4, 0.5) is 11.4 Å². The number of fused-ring (bicyclic) bond motifs is 1. The zero-order valence-corrected chi connectivity index (χ0v) is 17.7. The molecule has 3 rings (SSSR count). The Bertz CT molecular complexity index is 1020. The number of nitrogens with one attached hydrogen (secondary N) is 1. The maximum Gasteiger partial charge on any atom is 0.255 e. The molecule has 0 atom stereocenters. The summed E-state index contributed by atoms with van der Waals surface area (Å²) in [6, 6.07) is 8.34. The Kier molecular flexibility index (Phi) is 5.96. The zero-order valence-electron chi connectivity index (χ0n) is 17.7. The lowest BCUT2D eigenvalue weighted by Gasteiger charge is -2.18. The van der Waals surface area contributed by atoms with Crippen LogP contribution in [0.25, 0.3) is 0 Å². The number of carbonyl (C=O) groups excluding carboxylic acids is 3. The van der Waals surface area contributed by atoms with E-state index in [1.54, 1.807) is 49.3 Å². The van der Waals surface area contributed by atoms with Crippen LogP contribution in [0, 0.1) is 0 Å². The molecule has 1 aliphatic heterocycles. The van der Waals surface area contributed by atoms with Gasteiger partial charge in [-0.05, 0) is 36.2 Å². The zero-order chi connectivity index (χ0) is 22.0. The summed E-state index contributed by atoms with van der Waals surface area (Å²) >= 11 is 0. The molecule has 0 aliphatic carbocycles. The lowest BCUT2D eigenvalue weighted by Crippen LogP contribution is -2.25. The quantitative estimate of drug-likeness (QED) is 0.817. The molecule has 0 aromatic heterocycles. The molecule has 0 saturated heterocycles. The fourth-order valence-corrected chi connectivity index (χ4v) is 3.46. The van der Waals surface area contributed by atoms with E-state index < -0.39 is 0 Å². The first-order valence-corrected chi connectivity index (χ1v) is 9.46. The van der Waals surface area contributed by atoms with E-state index in [1.165, 1.54) is 26.0 Å². The van der Waals surface area contributed by atoms with Gasteiger partial charge in [-0.15, -0.1) is 0 Å². The predicted octanol–water partition coefficient (Wildman–Crippen LogP) is 2.57. The predicted molar refractivity (Wildman–Crippen MR) is 114 cm³/mol. The van der Waals surface area contributed by atoms with E-state index >= 15 is 0 Å². The third-order valence-corrected chi connectivity index (χ3v) is 5.03. The highest BCUT2D eigenvalue weighted by atomic mass is 16.5. The monoisotopic (exact) mass is 411 g/mol. The highest BCUT2D eigenvalue weighted by molar-refractivity contribution is 6.10. The molecule has 1 heterocycles. The van der Waals surface area contributed by atoms with Crippen molar-refractivity contribution < 1.29 is 23.9 Å². The van der Waals surface area contributed by atoms with Gasteiger partial charge in [0, 0.05) is 44.9 Å². The summed E-state index contributed by atoms with van der Waals surface area (Å²) in [5.41, 5.74) is 2.82. The van der Waals surface area contributed by atoms with E-state index in [4.69, 9.17) is 9.47 Å². The average molecular weight is 411 g/mol. The number of rotatable bonds is 5. The first kappa shape index (κ1) is 21.2. The molecule has 0 saturated carbocycles. The van der Waals surface area contributed by atoms with Gasteiger partial charge in [-0.2, -0.15) is 0 Å². The van der Waals surface area contributed by atoms with Gasteiger partial charge in [-0.25, -0.2) is 0 Å². The van der Waals surface area contributed by atoms with Crippen LogP contribution in [-0.2, 0) is 11.2 Å². The lowest BCUT2D eigenvalue weighted by atomic mass is 10.1. The number of hydrogen-bond acceptors (Lipinski definition) is 5. The smallest absolute Gasteiger partial charge is 0.255 e. The minimum atomic E-state index is -0.362. The standard InChI is InChI=1S/C22H25N3O5/c1-13(26)25-9-8-14-10-15(6-7-18(14)25)21(27)23-17-12-20(30-5)19(29-4)11-16(17)22(28)24(2)3/h6-7,10-12H,8-9H2,1-5H3,(H,23,27). The number of ether oxygens (including phenoxy) is 2. The molecular weight excluding hydrogens is 386 g/mol. The molecule has 0 fully saturated rings. The fourth-order valence-electron chi connectivity index (χ4n) is 3.46. The van der Waals surface area contributed by atoms with Crippen molar-refractivity contribution in [3.63, 3.8) is 0 Å². The largest absolute Gasteiger partial charge is 0.493 e. The molecule has 158 valence electrons. The van der Waals surface area contributed by atoms with E-state index in [0.717, 1.165) is 11.3 Å². The average Bonchev–Trinajstić information content (AvgIpc) is 3.16. The third-order valence-electron chi connectivity index (χ3n) is 5.03. The molecule has 8 heteroatoms. The minimum absolute atomic E-state index is 0.0249. The molecule has 1 N–H and O–H groups in total. The van der Waals surface area contributed by atoms with Gasteiger partial charge in [-0.3, -0.25) is 14.4 Å². The lowest BCUT2D eigenvalue weighted by molar-refractivity contribution is -0.116. The van der Waals surface area contributed by atoms with Crippen molar-refractivity contribution in [2.45, 2.75) is 13.3 Å². The highest BCUT2D eigenvalue weighted by Gasteiger charge is 2.24. The molecule has 30 heavy (non-hydrogen) atoms. The molecule has 2 aromatic carbocycles. The van der Waals surface area contributed by atoms with Gasteiger partial charge >= 0.3 is 0 Å². The number of anilines is 2. The van der Waals surface area contributed by atoms with Crippen LogP contribution < -0.4 is 19.7 Å². The summed E-state index contributed by atoms with van der Waals surface area (Å²) in [7, 11) is 6.23. The maximum atomic E-state index is 12.9. The Labute approximate surface area is 175 Å². The fraction of sp³-hybridized carbons (Fsp3) is 0.318. The van der Waals surface area contributed by atoms with Crippen molar-refractivity contribution in [1.29, 1.82) is 0 Å². The van der Waals surface area contributed by atoms with Crippen LogP contribution in [0.3, 0.4) is 0 Å². The molecule has 3 amide bonds. The van der Waals surface area contributed by atoms with Gasteiger partial charge in [0.15, 0.2) is 11.5 Å². The van der Waals surface area contributed by atoms with Crippen molar-refractivity contribution >= 4 is 29.1 Å². The van der Waals surface area contributed by atoms with E-state index in [-0.39, 0.29) is 23.3 Å². The summed E-state index contributed by atoms with van der Waals surface area (Å²) in [6.45, 7) is 2.13. The van der Waals surface area contributed by atoms with Crippen LogP contribution in [-0.4, -0.2) is 57.5 Å². The van der Waals surface area contributed by atoms with Gasteiger partial charge < -0.3 is 24.6 Å². The van der Waals surface area contributed by atoms with Crippen molar-refractivity contribution in [3.05, 3.63) is 47.0 Å². The molecular formula is C22H25N3O5. The Hall–Kier alpha value is -3.55. The number of amides is 3. The Balaban J connectivity index is 1.95. The van der Waals surface area contributed by atoms with Crippen LogP contribution in [0.5, 0.6) is 11.5 Å². The Morgan fingerprint density at radius 2 is 1.70 bits per heavy atom. The summed E-state index contributed by atoms with van der Waals surface area (Å²) in [6.07, 6.45) is 0.691. The molecule has 0 radical (unpaired) electrons. The van der Waals surface area contributed by atoms with Crippen LogP contribution in [0.2, 0.25) is 0 Å². The third kappa shape index (κ3) is 3.94. The first-order valence-electron chi connectivity index (χ1n) is 9.46. The molecule has 2 aromatic rings. The van der Waals surface area contributed by atoms with Crippen LogP contribution in [0.15, 0.2) is 30.3 Å². The van der Waals surface area contributed by atoms with Crippen LogP contribution >= 0.6 is 0 Å². The normalized spacial score (nSPS) is 12.2. The van der Waals surface area contributed by atoms with Gasteiger partial charge in [-0.1, -0.05) is 0 Å². The molecule has 0 unspecified atom stereocenters. The van der Waals surface area contributed by atoms with E-state index in [2.05, 4.69) is 5.32 Å². The SMILES string of the molecule is COc1cc(NC(=O)c2ccc3c(c2)CCN3C(C)=O)c(C(=O)N(C)C)cc1OC. The molecule has 0 bridgehead atoms. The summed E-state index contributed by atoms with van der Waals surface area (Å²) in [5.74, 6) is 0.122. The molecule has 0 spiro atoms. The minimum Gasteiger partial charge on any atom is -0.493 e. The Morgan fingerprint density at radius 1 is 1.03 bits per heavy atom. The number of methoxy groups -OCH3 is 2. The second kappa shape index (κ2) is 8.44. The van der Waals surface area contributed by atoms with Gasteiger partial charge in [0.25, 0.3) is 11.8 Å². The van der Waals surface area contributed by atoms with Gasteiger partial charge in [0.2, 0.25) is 5.91 Å². The van der Waals surface area contributed by atoms with E-state index in [1.807, 2.05) is 0 Å². The van der Waals surface area contributed by atoms with Crippen LogP contribution in [0.1, 0.15) is 33.2 Å². The molecule has 8 nitrogen and oxygen atoms in total. The maximum absolute atomic E-state index is 12.9. The van der Waals surface area contributed by atoms with Gasteiger partial charge in [0.1, 0.15) is 0 Å². The van der Waals surface area contributed by atoms with E-state index in [0.29, 0.717) is 35.7 Å². The van der Waals surface area contributed by atoms with E-state index in [9.17, 15) is 14.4 Å². The second-order valence-corrected chi connectivity index (χ2v) is 7.17. The molecule has 1 aliphatic rings. The first-order chi connectivity index (χ1) is 14.3. The number of carbonyl (C=O) groups is 3. The van der Waals surface area contributed by atoms with Crippen molar-refractivity contribution in [3.8, 4) is 11.5 Å². The van der Waals surface area contributed by atoms with Crippen molar-refractivity contribution in [1.82, 2.24) is 4.90 Å². The van der Waals surface area contributed by atoms with Crippen molar-refractivity contribution in [2.24, 2.45) is 0 Å². The summed E-state index contributed by atoms with van der Waals surface area (Å²) in [4.78, 5) is 40.4. The number of benzene rings is 2. The van der Waals surface area contributed by atoms with Crippen molar-refractivity contribution in [2.75, 3.05) is 45.1 Å². The highest BCUT2D eigenvalue weighted by Crippen LogP contribution is 2.34. The number of hydrogen-bond donors (Lipinski definition) is 1. The summed E-state index contributed by atoms with van der Waals surface area (Å²) in [5, 5.41) is 2.81. The summed E-state index contributed by atoms with van der Waals surface area (Å²) < 4.78 is 10.6. The Morgan fingerprint density at radius 3 is 2.30 bits per heavy atom. The van der Waals surface area contributed by atoms with Gasteiger partial charge in [0.05, 0.1) is 25.5 Å². The number of nitrogens with zero attached hydrogens (tertiary/aromatic N) is 2.